The number of benzene rings is 2. The molecule has 2 aromatic heterocycles. The van der Waals surface area contributed by atoms with Crippen molar-refractivity contribution in [1.82, 2.24) is 25.5 Å². The fourth-order valence-electron chi connectivity index (χ4n) is 4.89. The number of hydrogen-bond donors (Lipinski definition) is 4. The number of halogens is 1. The number of carbonyl (C=O) groups is 2. The van der Waals surface area contributed by atoms with E-state index in [-0.39, 0.29) is 17.6 Å². The van der Waals surface area contributed by atoms with Crippen LogP contribution >= 0.6 is 0 Å². The second-order valence-electron chi connectivity index (χ2n) is 8.94. The van der Waals surface area contributed by atoms with E-state index in [0.717, 1.165) is 27.4 Å². The van der Waals surface area contributed by atoms with E-state index in [1.54, 1.807) is 6.07 Å². The van der Waals surface area contributed by atoms with Gasteiger partial charge >= 0.3 is 0 Å². The fourth-order valence-corrected chi connectivity index (χ4v) is 4.89. The molecular weight excluding hydrogens is 433 g/mol. The summed E-state index contributed by atoms with van der Waals surface area (Å²) in [6, 6.07) is 14.3. The Bertz CT molecular complexity index is 1370. The highest BCUT2D eigenvalue weighted by Gasteiger charge is 2.41. The minimum Gasteiger partial charge on any atom is -0.361 e. The van der Waals surface area contributed by atoms with E-state index >= 15 is 0 Å². The van der Waals surface area contributed by atoms with Gasteiger partial charge in [-0.2, -0.15) is 0 Å². The van der Waals surface area contributed by atoms with Gasteiger partial charge in [-0.25, -0.2) is 4.39 Å². The Hall–Kier alpha value is -3.65. The number of nitrogens with zero attached hydrogens (tertiary/aromatic N) is 1. The summed E-state index contributed by atoms with van der Waals surface area (Å²) in [7, 11) is 1.86. The molecule has 4 N–H and O–H groups in total. The number of aromatic amines is 1. The maximum absolute atomic E-state index is 13.7. The lowest BCUT2D eigenvalue weighted by molar-refractivity contribution is -0.128. The largest absolute Gasteiger partial charge is 0.361 e. The van der Waals surface area contributed by atoms with E-state index in [2.05, 4.69) is 20.9 Å². The predicted molar refractivity (Wildman–Crippen MR) is 130 cm³/mol. The molecule has 0 saturated carbocycles. The number of H-pyrrole nitrogens is 1. The summed E-state index contributed by atoms with van der Waals surface area (Å²) in [6.07, 6.45) is 3.42. The zero-order chi connectivity index (χ0) is 23.7. The molecule has 5 rings (SSSR count). The molecule has 1 aliphatic heterocycles. The highest BCUT2D eigenvalue weighted by molar-refractivity contribution is 6.02. The molecule has 0 radical (unpaired) electrons. The third-order valence-corrected chi connectivity index (χ3v) is 6.84. The van der Waals surface area contributed by atoms with E-state index in [4.69, 9.17) is 0 Å². The SMILES string of the molecule is Cn1c(C(=O)NC2(C(=O)NCCc3c[nH]c4ccc(F)cc34)CCNCC2)cc2ccccc21. The van der Waals surface area contributed by atoms with Crippen LogP contribution < -0.4 is 16.0 Å². The molecule has 0 bridgehead atoms. The topological polar surface area (TPSA) is 91.0 Å². The van der Waals surface area contributed by atoms with Gasteiger partial charge in [-0.15, -0.1) is 0 Å². The van der Waals surface area contributed by atoms with Crippen LogP contribution in [0.1, 0.15) is 28.9 Å². The summed E-state index contributed by atoms with van der Waals surface area (Å²) < 4.78 is 15.5. The molecule has 0 aliphatic carbocycles. The van der Waals surface area contributed by atoms with Crippen LogP contribution in [0.15, 0.2) is 54.7 Å². The highest BCUT2D eigenvalue weighted by Crippen LogP contribution is 2.23. The first kappa shape index (κ1) is 22.2. The van der Waals surface area contributed by atoms with Gasteiger partial charge in [-0.3, -0.25) is 9.59 Å². The van der Waals surface area contributed by atoms with Gasteiger partial charge in [0.25, 0.3) is 5.91 Å². The highest BCUT2D eigenvalue weighted by atomic mass is 19.1. The van der Waals surface area contributed by atoms with Crippen molar-refractivity contribution in [1.29, 1.82) is 0 Å². The van der Waals surface area contributed by atoms with Crippen molar-refractivity contribution < 1.29 is 14.0 Å². The van der Waals surface area contributed by atoms with Crippen molar-refractivity contribution in [2.75, 3.05) is 19.6 Å². The van der Waals surface area contributed by atoms with Gasteiger partial charge in [0, 0.05) is 41.6 Å². The quantitative estimate of drug-likeness (QED) is 0.356. The molecule has 0 spiro atoms. The Morgan fingerprint density at radius 2 is 1.91 bits per heavy atom. The number of nitrogens with one attached hydrogen (secondary N) is 4. The molecule has 176 valence electrons. The van der Waals surface area contributed by atoms with Crippen molar-refractivity contribution >= 4 is 33.6 Å². The summed E-state index contributed by atoms with van der Waals surface area (Å²) in [5.41, 5.74) is 2.30. The molecule has 7 nitrogen and oxygen atoms in total. The third kappa shape index (κ3) is 4.05. The van der Waals surface area contributed by atoms with Crippen molar-refractivity contribution in [3.05, 3.63) is 71.8 Å². The Balaban J connectivity index is 1.30. The van der Waals surface area contributed by atoms with Crippen molar-refractivity contribution in [2.45, 2.75) is 24.8 Å². The zero-order valence-electron chi connectivity index (χ0n) is 19.1. The number of piperidine rings is 1. The lowest BCUT2D eigenvalue weighted by Gasteiger charge is -2.37. The molecule has 34 heavy (non-hydrogen) atoms. The fraction of sp³-hybridized carbons (Fsp3) is 0.308. The number of rotatable bonds is 6. The second-order valence-corrected chi connectivity index (χ2v) is 8.94. The Kier molecular flexibility index (Phi) is 5.83. The molecule has 0 unspecified atom stereocenters. The van der Waals surface area contributed by atoms with Crippen LogP contribution in [0.3, 0.4) is 0 Å². The van der Waals surface area contributed by atoms with Crippen LogP contribution in [0.25, 0.3) is 21.8 Å². The van der Waals surface area contributed by atoms with Crippen molar-refractivity contribution in [3.63, 3.8) is 0 Å². The van der Waals surface area contributed by atoms with E-state index in [9.17, 15) is 14.0 Å². The van der Waals surface area contributed by atoms with Gasteiger partial charge < -0.3 is 25.5 Å². The minimum absolute atomic E-state index is 0.188. The van der Waals surface area contributed by atoms with Crippen molar-refractivity contribution in [3.8, 4) is 0 Å². The average molecular weight is 462 g/mol. The van der Waals surface area contributed by atoms with Crippen molar-refractivity contribution in [2.24, 2.45) is 7.05 Å². The Labute approximate surface area is 196 Å². The number of fused-ring (bicyclic) bond motifs is 2. The van der Waals surface area contributed by atoms with E-state index in [0.29, 0.717) is 44.6 Å². The first-order chi connectivity index (χ1) is 16.5. The van der Waals surface area contributed by atoms with Gasteiger partial charge in [0.05, 0.1) is 0 Å². The molecule has 3 heterocycles. The number of para-hydroxylation sites is 1. The number of hydrogen-bond acceptors (Lipinski definition) is 3. The number of aromatic nitrogens is 2. The standard InChI is InChI=1S/C26H28FN5O2/c1-32-22-5-3-2-4-17(22)14-23(32)24(33)31-26(9-12-28-13-10-26)25(34)29-11-8-18-16-30-21-7-6-19(27)15-20(18)21/h2-7,14-16,28,30H,8-13H2,1H3,(H,29,34)(H,31,33). The zero-order valence-corrected chi connectivity index (χ0v) is 19.1. The summed E-state index contributed by atoms with van der Waals surface area (Å²) >= 11 is 0. The molecule has 1 fully saturated rings. The normalized spacial score (nSPS) is 15.5. The smallest absolute Gasteiger partial charge is 0.268 e. The molecule has 0 atom stereocenters. The Morgan fingerprint density at radius 1 is 1.12 bits per heavy atom. The molecule has 2 amide bonds. The van der Waals surface area contributed by atoms with Crippen LogP contribution in [-0.2, 0) is 18.3 Å². The lowest BCUT2D eigenvalue weighted by atomic mass is 9.87. The Morgan fingerprint density at radius 3 is 2.71 bits per heavy atom. The van der Waals surface area contributed by atoms with Crippen LogP contribution in [0.5, 0.6) is 0 Å². The molecule has 8 heteroatoms. The van der Waals surface area contributed by atoms with E-state index in [1.807, 2.05) is 48.1 Å². The first-order valence-electron chi connectivity index (χ1n) is 11.6. The summed E-state index contributed by atoms with van der Waals surface area (Å²) in [4.78, 5) is 29.8. The van der Waals surface area contributed by atoms with Gasteiger partial charge in [-0.05, 0) is 68.2 Å². The molecule has 4 aromatic rings. The van der Waals surface area contributed by atoms with Crippen LogP contribution in [0.2, 0.25) is 0 Å². The van der Waals surface area contributed by atoms with Crippen LogP contribution in [0.4, 0.5) is 4.39 Å². The summed E-state index contributed by atoms with van der Waals surface area (Å²) in [5, 5.41) is 11.1. The van der Waals surface area contributed by atoms with Gasteiger partial charge in [0.15, 0.2) is 0 Å². The lowest BCUT2D eigenvalue weighted by Crippen LogP contribution is -2.63. The molecule has 1 saturated heterocycles. The van der Waals surface area contributed by atoms with E-state index in [1.165, 1.54) is 12.1 Å². The molecule has 1 aliphatic rings. The summed E-state index contributed by atoms with van der Waals surface area (Å²) in [5.74, 6) is -0.739. The predicted octanol–water partition coefficient (Wildman–Crippen LogP) is 3.01. The number of aryl methyl sites for hydroxylation is 1. The van der Waals surface area contributed by atoms with Gasteiger partial charge in [0.2, 0.25) is 5.91 Å². The second kappa shape index (κ2) is 8.95. The van der Waals surface area contributed by atoms with Crippen LogP contribution in [-0.4, -0.2) is 46.5 Å². The van der Waals surface area contributed by atoms with E-state index < -0.39 is 5.54 Å². The van der Waals surface area contributed by atoms with Crippen LogP contribution in [0, 0.1) is 5.82 Å². The molecular formula is C26H28FN5O2. The molecule has 2 aromatic carbocycles. The third-order valence-electron chi connectivity index (χ3n) is 6.84. The minimum atomic E-state index is -0.981. The number of amides is 2. The maximum Gasteiger partial charge on any atom is 0.268 e. The first-order valence-corrected chi connectivity index (χ1v) is 11.6. The average Bonchev–Trinajstić information content (AvgIpc) is 3.40. The monoisotopic (exact) mass is 461 g/mol. The maximum atomic E-state index is 13.7. The van der Waals surface area contributed by atoms with Gasteiger partial charge in [-0.1, -0.05) is 18.2 Å². The number of carbonyl (C=O) groups excluding carboxylic acids is 2. The summed E-state index contributed by atoms with van der Waals surface area (Å²) in [6.45, 7) is 1.68. The van der Waals surface area contributed by atoms with Gasteiger partial charge in [0.1, 0.15) is 17.1 Å².